The Kier molecular flexibility index (Phi) is 3.72. The van der Waals surface area contributed by atoms with E-state index >= 15 is 0 Å². The van der Waals surface area contributed by atoms with Crippen molar-refractivity contribution in [3.8, 4) is 0 Å². The quantitative estimate of drug-likeness (QED) is 0.875. The van der Waals surface area contributed by atoms with Crippen molar-refractivity contribution in [2.45, 2.75) is 38.9 Å². The minimum absolute atomic E-state index is 0.0182. The summed E-state index contributed by atoms with van der Waals surface area (Å²) in [6.45, 7) is 6.17. The Balaban J connectivity index is 1.54. The number of amidine groups is 1. The van der Waals surface area contributed by atoms with Gasteiger partial charge in [-0.1, -0.05) is 25.6 Å². The van der Waals surface area contributed by atoms with Gasteiger partial charge >= 0.3 is 0 Å². The van der Waals surface area contributed by atoms with Gasteiger partial charge in [-0.3, -0.25) is 9.79 Å². The van der Waals surface area contributed by atoms with Crippen LogP contribution in [0.4, 0.5) is 0 Å². The van der Waals surface area contributed by atoms with E-state index in [0.717, 1.165) is 53.6 Å². The van der Waals surface area contributed by atoms with E-state index in [9.17, 15) is 4.79 Å². The topological polar surface area (TPSA) is 70.1 Å². The number of aliphatic imine (C=N–C) groups is 1. The van der Waals surface area contributed by atoms with Crippen molar-refractivity contribution in [2.24, 2.45) is 10.4 Å². The lowest BCUT2D eigenvalue weighted by Crippen LogP contribution is -2.39. The number of H-pyrrole nitrogens is 1. The zero-order valence-corrected chi connectivity index (χ0v) is 15.0. The summed E-state index contributed by atoms with van der Waals surface area (Å²) in [7, 11) is 0. The van der Waals surface area contributed by atoms with Crippen molar-refractivity contribution in [3.05, 3.63) is 26.6 Å². The number of hydrogen-bond donors (Lipinski definition) is 2. The summed E-state index contributed by atoms with van der Waals surface area (Å²) in [6, 6.07) is 0. The molecule has 0 bridgehead atoms. The maximum absolute atomic E-state index is 12.4. The lowest BCUT2D eigenvalue weighted by atomic mass is 9.93. The summed E-state index contributed by atoms with van der Waals surface area (Å²) in [5.74, 6) is 1.38. The molecule has 2 N–H and O–H groups in total. The highest BCUT2D eigenvalue weighted by Gasteiger charge is 2.23. The first-order valence-electron chi connectivity index (χ1n) is 7.96. The Morgan fingerprint density at radius 1 is 1.35 bits per heavy atom. The molecule has 0 aromatic carbocycles. The number of thiophene rings is 1. The van der Waals surface area contributed by atoms with Crippen LogP contribution in [0.15, 0.2) is 9.79 Å². The van der Waals surface area contributed by atoms with Gasteiger partial charge < -0.3 is 10.3 Å². The first-order valence-corrected chi connectivity index (χ1v) is 9.77. The molecular formula is C16H20N4OS2. The molecule has 1 aliphatic heterocycles. The smallest absolute Gasteiger partial charge is 0.259 e. The fraction of sp³-hybridized carbons (Fsp3) is 0.562. The van der Waals surface area contributed by atoms with E-state index in [1.165, 1.54) is 10.4 Å². The number of rotatable bonds is 2. The average Bonchev–Trinajstić information content (AvgIpc) is 3.06. The second kappa shape index (κ2) is 5.63. The van der Waals surface area contributed by atoms with E-state index in [0.29, 0.717) is 5.75 Å². The largest absolute Gasteiger partial charge is 0.364 e. The highest BCUT2D eigenvalue weighted by molar-refractivity contribution is 8.13. The first-order chi connectivity index (χ1) is 11.0. The fourth-order valence-electron chi connectivity index (χ4n) is 3.06. The second-order valence-corrected chi connectivity index (χ2v) is 9.03. The molecule has 0 atom stereocenters. The Labute approximate surface area is 143 Å². The van der Waals surface area contributed by atoms with E-state index in [2.05, 4.69) is 34.1 Å². The molecule has 0 radical (unpaired) electrons. The minimum atomic E-state index is 0.0182. The minimum Gasteiger partial charge on any atom is -0.364 e. The molecule has 2 aliphatic rings. The number of nitrogens with zero attached hydrogens (tertiary/aromatic N) is 2. The molecule has 0 saturated heterocycles. The number of hydrogen-bond acceptors (Lipinski definition) is 6. The van der Waals surface area contributed by atoms with E-state index in [-0.39, 0.29) is 11.0 Å². The van der Waals surface area contributed by atoms with Gasteiger partial charge in [-0.2, -0.15) is 0 Å². The van der Waals surface area contributed by atoms with Gasteiger partial charge in [-0.15, -0.1) is 11.3 Å². The van der Waals surface area contributed by atoms with Crippen LogP contribution in [0, 0.1) is 5.41 Å². The number of aryl methyl sites for hydroxylation is 2. The van der Waals surface area contributed by atoms with Gasteiger partial charge in [0.1, 0.15) is 10.7 Å². The van der Waals surface area contributed by atoms with Crippen molar-refractivity contribution in [1.29, 1.82) is 0 Å². The number of aromatic nitrogens is 2. The first kappa shape index (κ1) is 15.2. The van der Waals surface area contributed by atoms with Gasteiger partial charge in [0.15, 0.2) is 5.17 Å². The van der Waals surface area contributed by atoms with Crippen LogP contribution in [0.1, 0.15) is 36.5 Å². The Morgan fingerprint density at radius 2 is 2.22 bits per heavy atom. The number of fused-ring (bicyclic) bond motifs is 3. The average molecular weight is 348 g/mol. The van der Waals surface area contributed by atoms with Crippen LogP contribution in [0.5, 0.6) is 0 Å². The van der Waals surface area contributed by atoms with Gasteiger partial charge in [0.05, 0.1) is 11.1 Å². The number of thioether (sulfide) groups is 1. The van der Waals surface area contributed by atoms with Crippen molar-refractivity contribution in [2.75, 3.05) is 13.1 Å². The van der Waals surface area contributed by atoms with Crippen LogP contribution >= 0.6 is 23.1 Å². The summed E-state index contributed by atoms with van der Waals surface area (Å²) in [5, 5.41) is 5.13. The third kappa shape index (κ3) is 2.92. The molecule has 0 fully saturated rings. The zero-order chi connectivity index (χ0) is 16.0. The molecule has 0 unspecified atom stereocenters. The van der Waals surface area contributed by atoms with E-state index in [1.807, 2.05) is 0 Å². The van der Waals surface area contributed by atoms with Crippen LogP contribution in [0.2, 0.25) is 0 Å². The van der Waals surface area contributed by atoms with Crippen LogP contribution in [-0.4, -0.2) is 28.2 Å². The maximum atomic E-state index is 12.4. The third-order valence-electron chi connectivity index (χ3n) is 4.34. The lowest BCUT2D eigenvalue weighted by molar-refractivity contribution is 0.364. The number of aromatic amines is 1. The molecule has 0 saturated carbocycles. The summed E-state index contributed by atoms with van der Waals surface area (Å²) >= 11 is 3.30. The van der Waals surface area contributed by atoms with Crippen molar-refractivity contribution in [3.63, 3.8) is 0 Å². The van der Waals surface area contributed by atoms with Gasteiger partial charge in [0.25, 0.3) is 5.56 Å². The predicted molar refractivity (Wildman–Crippen MR) is 97.6 cm³/mol. The van der Waals surface area contributed by atoms with Crippen LogP contribution in [0.3, 0.4) is 0 Å². The molecule has 0 spiro atoms. The molecule has 0 amide bonds. The molecule has 4 rings (SSSR count). The maximum Gasteiger partial charge on any atom is 0.259 e. The molecule has 23 heavy (non-hydrogen) atoms. The Bertz CT molecular complexity index is 850. The molecule has 5 nitrogen and oxygen atoms in total. The molecule has 1 aliphatic carbocycles. The fourth-order valence-corrected chi connectivity index (χ4v) is 5.08. The van der Waals surface area contributed by atoms with E-state index in [4.69, 9.17) is 0 Å². The summed E-state index contributed by atoms with van der Waals surface area (Å²) < 4.78 is 0. The monoisotopic (exact) mass is 348 g/mol. The SMILES string of the molecule is CC1(C)CN=C(SCc2nc3sc4c(c3c(=O)[nH]2)CCC4)NC1. The predicted octanol–water partition coefficient (Wildman–Crippen LogP) is 2.69. The third-order valence-corrected chi connectivity index (χ3v) is 6.49. The Hall–Kier alpha value is -1.34. The molecule has 2 aromatic heterocycles. The molecule has 7 heteroatoms. The summed E-state index contributed by atoms with van der Waals surface area (Å²) in [5.41, 5.74) is 1.47. The van der Waals surface area contributed by atoms with Gasteiger partial charge in [-0.25, -0.2) is 4.98 Å². The molecule has 122 valence electrons. The van der Waals surface area contributed by atoms with E-state index < -0.39 is 0 Å². The summed E-state index contributed by atoms with van der Waals surface area (Å²) in [4.78, 5) is 26.9. The van der Waals surface area contributed by atoms with Crippen molar-refractivity contribution in [1.82, 2.24) is 15.3 Å². The zero-order valence-electron chi connectivity index (χ0n) is 13.4. The van der Waals surface area contributed by atoms with Crippen LogP contribution in [0.25, 0.3) is 10.2 Å². The lowest BCUT2D eigenvalue weighted by Gasteiger charge is -2.28. The van der Waals surface area contributed by atoms with Gasteiger partial charge in [0, 0.05) is 23.4 Å². The molecular weight excluding hydrogens is 328 g/mol. The van der Waals surface area contributed by atoms with Gasteiger partial charge in [-0.05, 0) is 24.8 Å². The molecule has 3 heterocycles. The van der Waals surface area contributed by atoms with Gasteiger partial charge in [0.2, 0.25) is 0 Å². The van der Waals surface area contributed by atoms with Crippen molar-refractivity contribution >= 4 is 38.5 Å². The standard InChI is InChI=1S/C16H20N4OS2/c1-16(2)7-17-15(18-8-16)22-6-11-19-13(21)12-9-4-3-5-10(9)23-14(12)20-11/h3-8H2,1-2H3,(H,17,18)(H,19,20,21). The Morgan fingerprint density at radius 3 is 3.00 bits per heavy atom. The second-order valence-electron chi connectivity index (χ2n) is 6.98. The molecule has 2 aromatic rings. The highest BCUT2D eigenvalue weighted by atomic mass is 32.2. The van der Waals surface area contributed by atoms with Crippen LogP contribution < -0.4 is 10.9 Å². The van der Waals surface area contributed by atoms with E-state index in [1.54, 1.807) is 23.1 Å². The highest BCUT2D eigenvalue weighted by Crippen LogP contribution is 2.34. The normalized spacial score (nSPS) is 19.5. The summed E-state index contributed by atoms with van der Waals surface area (Å²) in [6.07, 6.45) is 3.27. The number of nitrogens with one attached hydrogen (secondary N) is 2. The van der Waals surface area contributed by atoms with Crippen LogP contribution in [-0.2, 0) is 18.6 Å². The van der Waals surface area contributed by atoms with Crippen molar-refractivity contribution < 1.29 is 0 Å².